The van der Waals surface area contributed by atoms with Crippen LogP contribution in [0, 0.1) is 0 Å². The summed E-state index contributed by atoms with van der Waals surface area (Å²) < 4.78 is 1.84. The Labute approximate surface area is 174 Å². The molecule has 0 atom stereocenters. The summed E-state index contributed by atoms with van der Waals surface area (Å²) in [6.45, 7) is 6.39. The molecule has 29 heavy (non-hydrogen) atoms. The van der Waals surface area contributed by atoms with E-state index in [2.05, 4.69) is 67.5 Å². The van der Waals surface area contributed by atoms with Crippen LogP contribution < -0.4 is 5.32 Å². The van der Waals surface area contributed by atoms with E-state index >= 15 is 0 Å². The first-order valence-corrected chi connectivity index (χ1v) is 10.7. The zero-order valence-electron chi connectivity index (χ0n) is 17.7. The molecule has 1 N–H and O–H groups in total. The van der Waals surface area contributed by atoms with E-state index in [0.29, 0.717) is 5.69 Å². The third kappa shape index (κ3) is 5.14. The number of nitrogens with one attached hydrogen (secondary N) is 1. The van der Waals surface area contributed by atoms with Gasteiger partial charge in [-0.25, -0.2) is 4.98 Å². The van der Waals surface area contributed by atoms with Crippen molar-refractivity contribution in [1.29, 1.82) is 0 Å². The second-order valence-electron chi connectivity index (χ2n) is 7.48. The molecular formula is C25H31N3O. The van der Waals surface area contributed by atoms with Crippen molar-refractivity contribution in [2.75, 3.05) is 0 Å². The highest BCUT2D eigenvalue weighted by atomic mass is 16.2. The van der Waals surface area contributed by atoms with Crippen LogP contribution in [0.15, 0.2) is 61.1 Å². The summed E-state index contributed by atoms with van der Waals surface area (Å²) >= 11 is 0. The lowest BCUT2D eigenvalue weighted by Crippen LogP contribution is -2.34. The summed E-state index contributed by atoms with van der Waals surface area (Å²) in [4.78, 5) is 16.8. The fraction of sp³-hybridized carbons (Fsp3) is 0.360. The number of amides is 1. The number of benzene rings is 2. The van der Waals surface area contributed by atoms with E-state index in [1.807, 2.05) is 16.7 Å². The predicted molar refractivity (Wildman–Crippen MR) is 119 cm³/mol. The van der Waals surface area contributed by atoms with Gasteiger partial charge in [-0.05, 0) is 54.5 Å². The number of aromatic nitrogens is 2. The van der Waals surface area contributed by atoms with Gasteiger partial charge in [-0.1, -0.05) is 63.6 Å². The van der Waals surface area contributed by atoms with E-state index in [1.54, 1.807) is 12.5 Å². The van der Waals surface area contributed by atoms with Gasteiger partial charge in [-0.15, -0.1) is 0 Å². The number of imidazole rings is 1. The summed E-state index contributed by atoms with van der Waals surface area (Å²) in [7, 11) is 0. The lowest BCUT2D eigenvalue weighted by molar-refractivity contribution is 0.0928. The van der Waals surface area contributed by atoms with Gasteiger partial charge in [0.1, 0.15) is 5.69 Å². The highest BCUT2D eigenvalue weighted by Gasteiger charge is 2.16. The SMILES string of the molecule is CCCCc1ccc(-c2ccc(-n3cncc3C(=O)NC(CC)CC)cc2)cc1. The van der Waals surface area contributed by atoms with Crippen molar-refractivity contribution in [3.8, 4) is 16.8 Å². The van der Waals surface area contributed by atoms with Gasteiger partial charge < -0.3 is 5.32 Å². The van der Waals surface area contributed by atoms with Gasteiger partial charge >= 0.3 is 0 Å². The first-order chi connectivity index (χ1) is 14.2. The molecule has 3 rings (SSSR count). The van der Waals surface area contributed by atoms with Crippen LogP contribution in [0.4, 0.5) is 0 Å². The molecule has 0 saturated carbocycles. The second kappa shape index (κ2) is 10.1. The van der Waals surface area contributed by atoms with Crippen molar-refractivity contribution < 1.29 is 4.79 Å². The van der Waals surface area contributed by atoms with E-state index in [9.17, 15) is 4.79 Å². The maximum Gasteiger partial charge on any atom is 0.270 e. The van der Waals surface area contributed by atoms with E-state index in [0.717, 1.165) is 24.9 Å². The summed E-state index contributed by atoms with van der Waals surface area (Å²) in [6.07, 6.45) is 8.74. The molecule has 1 amide bonds. The zero-order chi connectivity index (χ0) is 20.6. The molecule has 0 saturated heterocycles. The molecule has 0 aliphatic carbocycles. The molecule has 0 aliphatic rings. The van der Waals surface area contributed by atoms with Crippen LogP contribution in [0.3, 0.4) is 0 Å². The van der Waals surface area contributed by atoms with Crippen molar-refractivity contribution >= 4 is 5.91 Å². The third-order valence-electron chi connectivity index (χ3n) is 5.44. The molecule has 0 spiro atoms. The molecule has 3 aromatic rings. The number of hydrogen-bond donors (Lipinski definition) is 1. The molecule has 0 radical (unpaired) electrons. The van der Waals surface area contributed by atoms with Crippen LogP contribution in [0.2, 0.25) is 0 Å². The van der Waals surface area contributed by atoms with Gasteiger partial charge in [0.05, 0.1) is 12.5 Å². The Balaban J connectivity index is 1.76. The highest BCUT2D eigenvalue weighted by molar-refractivity contribution is 5.93. The Hall–Kier alpha value is -2.88. The van der Waals surface area contributed by atoms with Crippen molar-refractivity contribution in [1.82, 2.24) is 14.9 Å². The van der Waals surface area contributed by atoms with Gasteiger partial charge in [0.2, 0.25) is 0 Å². The molecule has 4 heteroatoms. The fourth-order valence-corrected chi connectivity index (χ4v) is 3.48. The first kappa shape index (κ1) is 20.8. The number of aryl methyl sites for hydroxylation is 1. The molecule has 1 aromatic heterocycles. The molecule has 0 fully saturated rings. The Morgan fingerprint density at radius 1 is 0.966 bits per heavy atom. The first-order valence-electron chi connectivity index (χ1n) is 10.7. The molecule has 2 aromatic carbocycles. The van der Waals surface area contributed by atoms with E-state index < -0.39 is 0 Å². The van der Waals surface area contributed by atoms with Crippen LogP contribution in [0.5, 0.6) is 0 Å². The number of nitrogens with zero attached hydrogens (tertiary/aromatic N) is 2. The number of rotatable bonds is 9. The van der Waals surface area contributed by atoms with Gasteiger partial charge in [0.25, 0.3) is 5.91 Å². The summed E-state index contributed by atoms with van der Waals surface area (Å²) in [5.74, 6) is -0.0806. The average Bonchev–Trinajstić information content (AvgIpc) is 3.26. The normalized spacial score (nSPS) is 11.0. The predicted octanol–water partition coefficient (Wildman–Crippen LogP) is 5.80. The van der Waals surface area contributed by atoms with Crippen LogP contribution in [0.1, 0.15) is 62.5 Å². The second-order valence-corrected chi connectivity index (χ2v) is 7.48. The van der Waals surface area contributed by atoms with Crippen molar-refractivity contribution in [3.63, 3.8) is 0 Å². The fourth-order valence-electron chi connectivity index (χ4n) is 3.48. The van der Waals surface area contributed by atoms with Gasteiger partial charge in [-0.3, -0.25) is 9.36 Å². The largest absolute Gasteiger partial charge is 0.348 e. The average molecular weight is 390 g/mol. The van der Waals surface area contributed by atoms with Gasteiger partial charge in [-0.2, -0.15) is 0 Å². The molecule has 0 aliphatic heterocycles. The van der Waals surface area contributed by atoms with E-state index in [-0.39, 0.29) is 11.9 Å². The van der Waals surface area contributed by atoms with Crippen molar-refractivity contribution in [3.05, 3.63) is 72.3 Å². The highest BCUT2D eigenvalue weighted by Crippen LogP contribution is 2.23. The molecule has 1 heterocycles. The topological polar surface area (TPSA) is 46.9 Å². The summed E-state index contributed by atoms with van der Waals surface area (Å²) in [6, 6.07) is 17.3. The number of unbranched alkanes of at least 4 members (excludes halogenated alkanes) is 1. The molecular weight excluding hydrogens is 358 g/mol. The standard InChI is InChI=1S/C25H31N3O/c1-4-7-8-19-9-11-20(12-10-19)21-13-15-23(16-14-21)28-18-26-17-24(28)25(29)27-22(5-2)6-3/h9-18,22H,4-8H2,1-3H3,(H,27,29). The summed E-state index contributed by atoms with van der Waals surface area (Å²) in [5.41, 5.74) is 5.25. The van der Waals surface area contributed by atoms with Crippen LogP contribution in [0.25, 0.3) is 16.8 Å². The number of carbonyl (C=O) groups excluding carboxylic acids is 1. The lowest BCUT2D eigenvalue weighted by Gasteiger charge is -2.15. The zero-order valence-corrected chi connectivity index (χ0v) is 17.7. The quantitative estimate of drug-likeness (QED) is 0.503. The molecule has 0 unspecified atom stereocenters. The Kier molecular flexibility index (Phi) is 7.23. The third-order valence-corrected chi connectivity index (χ3v) is 5.44. The van der Waals surface area contributed by atoms with Crippen LogP contribution in [-0.2, 0) is 6.42 Å². The number of hydrogen-bond acceptors (Lipinski definition) is 2. The maximum absolute atomic E-state index is 12.7. The Bertz CT molecular complexity index is 906. The van der Waals surface area contributed by atoms with E-state index in [4.69, 9.17) is 0 Å². The minimum Gasteiger partial charge on any atom is -0.348 e. The molecule has 0 bridgehead atoms. The Morgan fingerprint density at radius 2 is 1.59 bits per heavy atom. The molecule has 152 valence electrons. The lowest BCUT2D eigenvalue weighted by atomic mass is 10.0. The van der Waals surface area contributed by atoms with Crippen molar-refractivity contribution in [2.24, 2.45) is 0 Å². The maximum atomic E-state index is 12.7. The number of carbonyl (C=O) groups is 1. The molecule has 4 nitrogen and oxygen atoms in total. The minimum atomic E-state index is -0.0806. The smallest absolute Gasteiger partial charge is 0.270 e. The summed E-state index contributed by atoms with van der Waals surface area (Å²) in [5, 5.41) is 3.09. The van der Waals surface area contributed by atoms with E-state index in [1.165, 1.54) is 29.5 Å². The van der Waals surface area contributed by atoms with Crippen LogP contribution in [-0.4, -0.2) is 21.5 Å². The van der Waals surface area contributed by atoms with Crippen molar-refractivity contribution in [2.45, 2.75) is 58.9 Å². The van der Waals surface area contributed by atoms with Gasteiger partial charge in [0, 0.05) is 11.7 Å². The minimum absolute atomic E-state index is 0.0806. The van der Waals surface area contributed by atoms with Crippen LogP contribution >= 0.6 is 0 Å². The monoisotopic (exact) mass is 389 g/mol. The van der Waals surface area contributed by atoms with Gasteiger partial charge in [0.15, 0.2) is 0 Å². The Morgan fingerprint density at radius 3 is 2.17 bits per heavy atom.